The van der Waals surface area contributed by atoms with E-state index in [9.17, 15) is 9.00 Å². The Morgan fingerprint density at radius 2 is 2.00 bits per heavy atom. The maximum Gasteiger partial charge on any atom is 0.170 e. The van der Waals surface area contributed by atoms with Crippen LogP contribution in [-0.2, 0) is 17.2 Å². The number of rotatable bonds is 4. The van der Waals surface area contributed by atoms with Crippen molar-refractivity contribution in [3.63, 3.8) is 0 Å². The van der Waals surface area contributed by atoms with Gasteiger partial charge in [-0.25, -0.2) is 4.98 Å². The number of aryl methyl sites for hydroxylation is 1. The number of fused-ring (bicyclic) bond motifs is 2. The highest BCUT2D eigenvalue weighted by Crippen LogP contribution is 2.42. The average Bonchev–Trinajstić information content (AvgIpc) is 3.12. The van der Waals surface area contributed by atoms with Crippen LogP contribution in [0.3, 0.4) is 0 Å². The standard InChI is InChI=1S/C25H26N2O3S/c1-30-21-5-6-23-18(13-21)3-2-4-22(17-8-11-31(29)12-9-17)25(23)19-7-10-27-15-20(16-28)26-24(27)14-19/h5-7,10,13-17H,2-4,8-9,11-12H2,1H3. The number of aldehydes is 1. The van der Waals surface area contributed by atoms with Crippen molar-refractivity contribution in [1.29, 1.82) is 0 Å². The number of imidazole rings is 1. The Morgan fingerprint density at radius 3 is 2.77 bits per heavy atom. The van der Waals surface area contributed by atoms with Gasteiger partial charge in [0.2, 0.25) is 0 Å². The lowest BCUT2D eigenvalue weighted by molar-refractivity contribution is 0.111. The second-order valence-corrected chi connectivity index (χ2v) is 10.1. The number of hydrogen-bond donors (Lipinski definition) is 0. The summed E-state index contributed by atoms with van der Waals surface area (Å²) in [7, 11) is 1.03. The van der Waals surface area contributed by atoms with E-state index in [1.165, 1.54) is 22.3 Å². The largest absolute Gasteiger partial charge is 0.497 e. The first-order valence-electron chi connectivity index (χ1n) is 10.9. The highest BCUT2D eigenvalue weighted by Gasteiger charge is 2.27. The van der Waals surface area contributed by atoms with Crippen molar-refractivity contribution < 1.29 is 13.7 Å². The molecule has 0 amide bonds. The van der Waals surface area contributed by atoms with Gasteiger partial charge >= 0.3 is 0 Å². The van der Waals surface area contributed by atoms with Crippen LogP contribution in [0.5, 0.6) is 5.75 Å². The van der Waals surface area contributed by atoms with E-state index in [2.05, 4.69) is 29.2 Å². The Hall–Kier alpha value is -2.73. The zero-order valence-electron chi connectivity index (χ0n) is 17.7. The number of benzene rings is 1. The van der Waals surface area contributed by atoms with Gasteiger partial charge in [0, 0.05) is 34.7 Å². The number of pyridine rings is 1. The summed E-state index contributed by atoms with van der Waals surface area (Å²) in [5.41, 5.74) is 7.67. The minimum absolute atomic E-state index is 0.437. The molecule has 0 N–H and O–H groups in total. The van der Waals surface area contributed by atoms with E-state index < -0.39 is 10.8 Å². The molecule has 0 unspecified atom stereocenters. The van der Waals surface area contributed by atoms with E-state index in [0.29, 0.717) is 11.6 Å². The molecule has 0 radical (unpaired) electrons. The number of allylic oxidation sites excluding steroid dienone is 1. The highest BCUT2D eigenvalue weighted by atomic mass is 32.2. The van der Waals surface area contributed by atoms with Gasteiger partial charge < -0.3 is 9.14 Å². The quantitative estimate of drug-likeness (QED) is 0.569. The maximum absolute atomic E-state index is 12.0. The molecule has 0 atom stereocenters. The molecule has 160 valence electrons. The Kier molecular flexibility index (Phi) is 5.48. The molecule has 2 aromatic heterocycles. The van der Waals surface area contributed by atoms with Crippen LogP contribution in [0.4, 0.5) is 0 Å². The van der Waals surface area contributed by atoms with Crippen LogP contribution in [0.15, 0.2) is 48.3 Å². The topological polar surface area (TPSA) is 60.7 Å². The molecule has 0 spiro atoms. The van der Waals surface area contributed by atoms with Gasteiger partial charge in [-0.3, -0.25) is 9.00 Å². The van der Waals surface area contributed by atoms with Gasteiger partial charge in [0.15, 0.2) is 6.29 Å². The van der Waals surface area contributed by atoms with Gasteiger partial charge in [0.25, 0.3) is 0 Å². The Balaban J connectivity index is 1.70. The van der Waals surface area contributed by atoms with Gasteiger partial charge in [-0.2, -0.15) is 0 Å². The molecule has 5 rings (SSSR count). The van der Waals surface area contributed by atoms with Crippen LogP contribution in [0.25, 0.3) is 11.2 Å². The lowest BCUT2D eigenvalue weighted by Crippen LogP contribution is -2.21. The number of carbonyl (C=O) groups is 1. The molecular weight excluding hydrogens is 408 g/mol. The van der Waals surface area contributed by atoms with E-state index >= 15 is 0 Å². The number of aromatic nitrogens is 2. The van der Waals surface area contributed by atoms with Crippen LogP contribution in [0.2, 0.25) is 0 Å². The number of ether oxygens (including phenoxy) is 1. The second-order valence-electron chi connectivity index (χ2n) is 8.36. The molecule has 1 aliphatic carbocycles. The van der Waals surface area contributed by atoms with E-state index in [1.54, 1.807) is 13.3 Å². The van der Waals surface area contributed by atoms with Crippen molar-refractivity contribution in [3.8, 4) is 5.75 Å². The highest BCUT2D eigenvalue weighted by molar-refractivity contribution is 7.85. The molecule has 1 saturated heterocycles. The third kappa shape index (κ3) is 3.85. The van der Waals surface area contributed by atoms with Crippen molar-refractivity contribution in [2.24, 2.45) is 5.92 Å². The number of nitrogens with zero attached hydrogens (tertiary/aromatic N) is 2. The fourth-order valence-corrected chi connectivity index (χ4v) is 6.32. The molecule has 6 heteroatoms. The van der Waals surface area contributed by atoms with Crippen molar-refractivity contribution in [2.75, 3.05) is 18.6 Å². The minimum Gasteiger partial charge on any atom is -0.497 e. The predicted octanol–water partition coefficient (Wildman–Crippen LogP) is 4.45. The van der Waals surface area contributed by atoms with Crippen molar-refractivity contribution in [3.05, 3.63) is 70.7 Å². The van der Waals surface area contributed by atoms with Crippen molar-refractivity contribution in [2.45, 2.75) is 32.1 Å². The molecule has 0 bridgehead atoms. The van der Waals surface area contributed by atoms with Crippen LogP contribution < -0.4 is 4.74 Å². The molecule has 1 aliphatic heterocycles. The molecule has 3 heterocycles. The van der Waals surface area contributed by atoms with Crippen LogP contribution in [0.1, 0.15) is 52.9 Å². The number of methoxy groups -OCH3 is 1. The van der Waals surface area contributed by atoms with E-state index in [1.807, 2.05) is 16.7 Å². The van der Waals surface area contributed by atoms with Gasteiger partial charge in [-0.1, -0.05) is 11.6 Å². The van der Waals surface area contributed by atoms with Crippen molar-refractivity contribution >= 4 is 28.3 Å². The molecular formula is C25H26N2O3S. The van der Waals surface area contributed by atoms with Crippen molar-refractivity contribution in [1.82, 2.24) is 9.38 Å². The SMILES string of the molecule is COc1ccc2c(c1)CCCC(C1CCS(=O)CC1)=C2c1ccn2cc(C=O)nc2c1. The third-order valence-corrected chi connectivity index (χ3v) is 7.95. The van der Waals surface area contributed by atoms with Gasteiger partial charge in [0.05, 0.1) is 7.11 Å². The first-order chi connectivity index (χ1) is 15.2. The average molecular weight is 435 g/mol. The first kappa shape index (κ1) is 20.2. The molecule has 2 aliphatic rings. The number of hydrogen-bond acceptors (Lipinski definition) is 4. The molecule has 1 aromatic carbocycles. The molecule has 0 saturated carbocycles. The van der Waals surface area contributed by atoms with Crippen LogP contribution in [-0.4, -0.2) is 38.5 Å². The maximum atomic E-state index is 12.0. The Morgan fingerprint density at radius 1 is 1.16 bits per heavy atom. The van der Waals surface area contributed by atoms with Gasteiger partial charge in [-0.05, 0) is 84.6 Å². The summed E-state index contributed by atoms with van der Waals surface area (Å²) < 4.78 is 19.4. The summed E-state index contributed by atoms with van der Waals surface area (Å²) in [4.78, 5) is 15.6. The Bertz CT molecular complexity index is 1200. The lowest BCUT2D eigenvalue weighted by Gasteiger charge is -2.27. The van der Waals surface area contributed by atoms with Gasteiger partial charge in [0.1, 0.15) is 17.1 Å². The lowest BCUT2D eigenvalue weighted by atomic mass is 9.82. The normalized spacial score (nSPS) is 21.6. The summed E-state index contributed by atoms with van der Waals surface area (Å²) >= 11 is 0. The summed E-state index contributed by atoms with van der Waals surface area (Å²) in [6.07, 6.45) is 9.65. The first-order valence-corrected chi connectivity index (χ1v) is 12.3. The molecule has 3 aromatic rings. The zero-order chi connectivity index (χ0) is 21.4. The zero-order valence-corrected chi connectivity index (χ0v) is 18.5. The predicted molar refractivity (Wildman–Crippen MR) is 123 cm³/mol. The van der Waals surface area contributed by atoms with E-state index in [0.717, 1.165) is 66.9 Å². The van der Waals surface area contributed by atoms with E-state index in [4.69, 9.17) is 4.74 Å². The Labute approximate surface area is 184 Å². The molecule has 5 nitrogen and oxygen atoms in total. The summed E-state index contributed by atoms with van der Waals surface area (Å²) in [6, 6.07) is 10.6. The fourth-order valence-electron chi connectivity index (χ4n) is 5.02. The monoisotopic (exact) mass is 434 g/mol. The molecule has 1 fully saturated rings. The van der Waals surface area contributed by atoms with Crippen LogP contribution >= 0.6 is 0 Å². The summed E-state index contributed by atoms with van der Waals surface area (Å²) in [5, 5.41) is 0. The minimum atomic E-state index is -0.677. The second kappa shape index (κ2) is 8.42. The van der Waals surface area contributed by atoms with Crippen LogP contribution in [0, 0.1) is 5.92 Å². The summed E-state index contributed by atoms with van der Waals surface area (Å²) in [6.45, 7) is 0. The molecule has 31 heavy (non-hydrogen) atoms. The number of carbonyl (C=O) groups excluding carboxylic acids is 1. The summed E-state index contributed by atoms with van der Waals surface area (Å²) in [5.74, 6) is 2.92. The van der Waals surface area contributed by atoms with E-state index in [-0.39, 0.29) is 0 Å². The van der Waals surface area contributed by atoms with Gasteiger partial charge in [-0.15, -0.1) is 0 Å². The smallest absolute Gasteiger partial charge is 0.170 e. The fraction of sp³-hybridized carbons (Fsp3) is 0.360. The third-order valence-electron chi connectivity index (χ3n) is 6.56.